The number of hydrogen-bond donors (Lipinski definition) is 0. The Bertz CT molecular complexity index is 396. The van der Waals surface area contributed by atoms with Crippen LogP contribution in [-0.4, -0.2) is 80.3 Å². The molecule has 1 atom stereocenters. The molecule has 0 aliphatic carbocycles. The number of rotatable bonds is 6. The first-order chi connectivity index (χ1) is 9.94. The summed E-state index contributed by atoms with van der Waals surface area (Å²) in [5.74, 6) is -0.343. The molecule has 1 aliphatic rings. The van der Waals surface area contributed by atoms with Crippen molar-refractivity contribution in [1.82, 2.24) is 4.90 Å². The Morgan fingerprint density at radius 1 is 1.18 bits per heavy atom. The summed E-state index contributed by atoms with van der Waals surface area (Å²) >= 11 is 0. The average molecular weight is 315 g/mol. The van der Waals surface area contributed by atoms with Crippen molar-refractivity contribution in [2.45, 2.75) is 45.3 Å². The van der Waals surface area contributed by atoms with Gasteiger partial charge in [-0.15, -0.1) is 0 Å². The fraction of sp³-hybridized carbons (Fsp3) is 0.875. The second-order valence-corrected chi connectivity index (χ2v) is 7.99. The third-order valence-corrected chi connectivity index (χ3v) is 3.18. The highest BCUT2D eigenvalue weighted by Crippen LogP contribution is 2.15. The van der Waals surface area contributed by atoms with Crippen LogP contribution in [-0.2, 0) is 19.1 Å². The van der Waals surface area contributed by atoms with Crippen molar-refractivity contribution in [1.29, 1.82) is 0 Å². The van der Waals surface area contributed by atoms with E-state index in [0.29, 0.717) is 30.5 Å². The van der Waals surface area contributed by atoms with Gasteiger partial charge in [-0.3, -0.25) is 9.69 Å². The summed E-state index contributed by atoms with van der Waals surface area (Å²) in [7, 11) is 5.88. The molecule has 1 heterocycles. The SMILES string of the molecule is CC(C)(C)OC(=O)CCN1CCC(OC(=O)C[N+](C)(C)C)C1. The van der Waals surface area contributed by atoms with Crippen molar-refractivity contribution in [3.63, 3.8) is 0 Å². The Kier molecular flexibility index (Phi) is 6.38. The normalized spacial score (nSPS) is 20.0. The van der Waals surface area contributed by atoms with E-state index in [1.165, 1.54) is 0 Å². The fourth-order valence-electron chi connectivity index (χ4n) is 2.35. The molecule has 0 aromatic rings. The molecule has 0 aromatic heterocycles. The lowest BCUT2D eigenvalue weighted by molar-refractivity contribution is -0.862. The first-order valence-electron chi connectivity index (χ1n) is 7.89. The van der Waals surface area contributed by atoms with Crippen LogP contribution in [0.1, 0.15) is 33.6 Å². The van der Waals surface area contributed by atoms with Gasteiger partial charge in [-0.2, -0.15) is 0 Å². The largest absolute Gasteiger partial charge is 0.460 e. The van der Waals surface area contributed by atoms with E-state index in [4.69, 9.17) is 9.47 Å². The highest BCUT2D eigenvalue weighted by Gasteiger charge is 2.28. The van der Waals surface area contributed by atoms with Gasteiger partial charge in [-0.05, 0) is 27.2 Å². The molecule has 6 nitrogen and oxygen atoms in total. The van der Waals surface area contributed by atoms with Gasteiger partial charge < -0.3 is 14.0 Å². The van der Waals surface area contributed by atoms with Gasteiger partial charge in [0.1, 0.15) is 11.7 Å². The maximum Gasteiger partial charge on any atom is 0.362 e. The highest BCUT2D eigenvalue weighted by molar-refractivity contribution is 5.71. The van der Waals surface area contributed by atoms with Gasteiger partial charge in [-0.25, -0.2) is 4.79 Å². The maximum atomic E-state index is 11.8. The first kappa shape index (κ1) is 18.9. The van der Waals surface area contributed by atoms with Crippen LogP contribution in [0.25, 0.3) is 0 Å². The molecule has 1 unspecified atom stereocenters. The third kappa shape index (κ3) is 8.34. The zero-order valence-electron chi connectivity index (χ0n) is 14.8. The summed E-state index contributed by atoms with van der Waals surface area (Å²) in [5, 5.41) is 0. The second-order valence-electron chi connectivity index (χ2n) is 7.99. The van der Waals surface area contributed by atoms with Crippen LogP contribution in [0.5, 0.6) is 0 Å². The van der Waals surface area contributed by atoms with Crippen molar-refractivity contribution in [3.8, 4) is 0 Å². The first-order valence-corrected chi connectivity index (χ1v) is 7.89. The minimum atomic E-state index is -0.439. The molecule has 0 aromatic carbocycles. The van der Waals surface area contributed by atoms with Gasteiger partial charge in [-0.1, -0.05) is 0 Å². The summed E-state index contributed by atoms with van der Waals surface area (Å²) in [4.78, 5) is 25.7. The number of hydrogen-bond acceptors (Lipinski definition) is 5. The molecule has 0 amide bonds. The van der Waals surface area contributed by atoms with Gasteiger partial charge in [0.2, 0.25) is 0 Å². The zero-order chi connectivity index (χ0) is 17.0. The topological polar surface area (TPSA) is 55.8 Å². The van der Waals surface area contributed by atoms with Gasteiger partial charge in [0.15, 0.2) is 6.54 Å². The number of carbonyl (C=O) groups is 2. The van der Waals surface area contributed by atoms with E-state index >= 15 is 0 Å². The molecule has 1 fully saturated rings. The molecular formula is C16H31N2O4+. The van der Waals surface area contributed by atoms with Crippen LogP contribution >= 0.6 is 0 Å². The number of likely N-dealkylation sites (N-methyl/N-ethyl adjacent to an activating group) is 1. The van der Waals surface area contributed by atoms with Crippen LogP contribution < -0.4 is 0 Å². The lowest BCUT2D eigenvalue weighted by Crippen LogP contribution is -2.41. The summed E-state index contributed by atoms with van der Waals surface area (Å²) in [6.07, 6.45) is 1.14. The minimum Gasteiger partial charge on any atom is -0.460 e. The van der Waals surface area contributed by atoms with Gasteiger partial charge in [0, 0.05) is 19.6 Å². The number of esters is 2. The fourth-order valence-corrected chi connectivity index (χ4v) is 2.35. The van der Waals surface area contributed by atoms with Crippen molar-refractivity contribution in [2.75, 3.05) is 47.3 Å². The monoisotopic (exact) mass is 315 g/mol. The molecule has 1 aliphatic heterocycles. The maximum absolute atomic E-state index is 11.8. The van der Waals surface area contributed by atoms with Crippen LogP contribution in [0.3, 0.4) is 0 Å². The molecule has 1 rings (SSSR count). The standard InChI is InChI=1S/C16H31N2O4/c1-16(2,3)22-14(19)8-10-17-9-7-13(11-17)21-15(20)12-18(4,5)6/h13H,7-12H2,1-6H3/q+1. The number of nitrogens with zero attached hydrogens (tertiary/aromatic N) is 2. The molecule has 0 radical (unpaired) electrons. The lowest BCUT2D eigenvalue weighted by atomic mass is 10.2. The van der Waals surface area contributed by atoms with Gasteiger partial charge in [0.25, 0.3) is 0 Å². The van der Waals surface area contributed by atoms with E-state index in [2.05, 4.69) is 4.90 Å². The molecule has 0 N–H and O–H groups in total. The van der Waals surface area contributed by atoms with Crippen molar-refractivity contribution >= 4 is 11.9 Å². The quantitative estimate of drug-likeness (QED) is 0.541. The van der Waals surface area contributed by atoms with E-state index in [1.54, 1.807) is 0 Å². The summed E-state index contributed by atoms with van der Waals surface area (Å²) < 4.78 is 11.3. The van der Waals surface area contributed by atoms with E-state index in [-0.39, 0.29) is 18.0 Å². The molecule has 22 heavy (non-hydrogen) atoms. The Morgan fingerprint density at radius 2 is 1.82 bits per heavy atom. The van der Waals surface area contributed by atoms with Gasteiger partial charge in [0.05, 0.1) is 27.6 Å². The zero-order valence-corrected chi connectivity index (χ0v) is 14.8. The van der Waals surface area contributed by atoms with Crippen LogP contribution in [0.4, 0.5) is 0 Å². The van der Waals surface area contributed by atoms with Crippen molar-refractivity contribution in [2.24, 2.45) is 0 Å². The predicted octanol–water partition coefficient (Wildman–Crippen LogP) is 1.04. The minimum absolute atomic E-state index is 0.0577. The van der Waals surface area contributed by atoms with Crippen molar-refractivity contribution in [3.05, 3.63) is 0 Å². The smallest absolute Gasteiger partial charge is 0.362 e. The summed E-state index contributed by atoms with van der Waals surface area (Å²) in [6, 6.07) is 0. The van der Waals surface area contributed by atoms with E-state index in [1.807, 2.05) is 41.9 Å². The Labute approximate surface area is 133 Å². The molecule has 1 saturated heterocycles. The highest BCUT2D eigenvalue weighted by atomic mass is 16.6. The summed E-state index contributed by atoms with van der Waals surface area (Å²) in [6.45, 7) is 8.17. The van der Waals surface area contributed by atoms with E-state index < -0.39 is 5.60 Å². The molecular weight excluding hydrogens is 284 g/mol. The third-order valence-electron chi connectivity index (χ3n) is 3.18. The second kappa shape index (κ2) is 7.42. The van der Waals surface area contributed by atoms with Crippen molar-refractivity contribution < 1.29 is 23.5 Å². The number of carbonyl (C=O) groups excluding carboxylic acids is 2. The number of quaternary nitrogens is 1. The van der Waals surface area contributed by atoms with Crippen LogP contribution in [0.15, 0.2) is 0 Å². The molecule has 128 valence electrons. The average Bonchev–Trinajstić information content (AvgIpc) is 2.68. The number of ether oxygens (including phenoxy) is 2. The lowest BCUT2D eigenvalue weighted by Gasteiger charge is -2.23. The molecule has 0 spiro atoms. The molecule has 0 bridgehead atoms. The Morgan fingerprint density at radius 3 is 2.36 bits per heavy atom. The van der Waals surface area contributed by atoms with Crippen LogP contribution in [0.2, 0.25) is 0 Å². The van der Waals surface area contributed by atoms with E-state index in [0.717, 1.165) is 13.0 Å². The predicted molar refractivity (Wildman–Crippen MR) is 84.3 cm³/mol. The number of likely N-dealkylation sites (tertiary alicyclic amines) is 1. The Balaban J connectivity index is 2.26. The molecule has 6 heteroatoms. The molecule has 0 saturated carbocycles. The van der Waals surface area contributed by atoms with E-state index in [9.17, 15) is 9.59 Å². The van der Waals surface area contributed by atoms with Gasteiger partial charge >= 0.3 is 11.9 Å². The van der Waals surface area contributed by atoms with Crippen LogP contribution in [0, 0.1) is 0 Å². The Hall–Kier alpha value is -1.14. The summed E-state index contributed by atoms with van der Waals surface area (Å²) in [5.41, 5.74) is -0.439.